The Hall–Kier alpha value is -7.27. The minimum Gasteiger partial charge on any atom is -0.419 e. The van der Waals surface area contributed by atoms with Gasteiger partial charge in [-0.3, -0.25) is 9.13 Å². The van der Waals surface area contributed by atoms with Crippen molar-refractivity contribution in [1.82, 2.24) is 34.5 Å². The van der Waals surface area contributed by atoms with Crippen molar-refractivity contribution in [2.75, 3.05) is 5.43 Å². The molecule has 10 aromatic rings. The zero-order valence-corrected chi connectivity index (χ0v) is 26.8. The molecule has 0 saturated carbocycles. The third kappa shape index (κ3) is 4.15. The van der Waals surface area contributed by atoms with E-state index in [-0.39, 0.29) is 0 Å². The van der Waals surface area contributed by atoms with Crippen molar-refractivity contribution in [2.45, 2.75) is 6.54 Å². The van der Waals surface area contributed by atoms with Gasteiger partial charge in [0.05, 0.1) is 34.5 Å². The van der Waals surface area contributed by atoms with Crippen molar-refractivity contribution in [3.05, 3.63) is 133 Å². The molecule has 0 spiro atoms. The SMILES string of the molecule is c1ccc(-n2c3c(c4ccc(-c5cnc6oc7ncc(-c8ccc9c%10cnnnc%10n(-c%10ccccc%10)c9c8)cc7c6c5)cc42)CN=NN3)cc1. The number of rotatable bonds is 4. The van der Waals surface area contributed by atoms with Crippen LogP contribution in [0, 0.1) is 0 Å². The lowest BCUT2D eigenvalue weighted by Crippen LogP contribution is -2.04. The summed E-state index contributed by atoms with van der Waals surface area (Å²) in [5, 5.41) is 25.7. The molecule has 0 radical (unpaired) electrons. The molecule has 1 aliphatic rings. The highest BCUT2D eigenvalue weighted by molar-refractivity contribution is 6.09. The van der Waals surface area contributed by atoms with Gasteiger partial charge < -0.3 is 4.42 Å². The van der Waals surface area contributed by atoms with Gasteiger partial charge >= 0.3 is 0 Å². The van der Waals surface area contributed by atoms with Crippen LogP contribution in [0.25, 0.3) is 88.7 Å². The number of aromatic nitrogens is 7. The van der Waals surface area contributed by atoms with Gasteiger partial charge in [-0.05, 0) is 64.9 Å². The molecule has 0 bridgehead atoms. The quantitative estimate of drug-likeness (QED) is 0.200. The predicted octanol–water partition coefficient (Wildman–Crippen LogP) is 9.23. The van der Waals surface area contributed by atoms with Crippen LogP contribution >= 0.6 is 0 Å². The monoisotopic (exact) mass is 660 g/mol. The first-order valence-electron chi connectivity index (χ1n) is 16.5. The van der Waals surface area contributed by atoms with E-state index in [0.717, 1.165) is 88.6 Å². The van der Waals surface area contributed by atoms with Gasteiger partial charge in [0, 0.05) is 56.6 Å². The first-order valence-corrected chi connectivity index (χ1v) is 16.5. The van der Waals surface area contributed by atoms with Gasteiger partial charge in [0.15, 0.2) is 5.65 Å². The Morgan fingerprint density at radius 2 is 1.20 bits per heavy atom. The predicted molar refractivity (Wildman–Crippen MR) is 197 cm³/mol. The van der Waals surface area contributed by atoms with E-state index in [9.17, 15) is 0 Å². The van der Waals surface area contributed by atoms with E-state index in [1.807, 2.05) is 48.8 Å². The maximum atomic E-state index is 6.14. The molecule has 0 unspecified atom stereocenters. The Morgan fingerprint density at radius 1 is 0.569 bits per heavy atom. The first-order chi connectivity index (χ1) is 25.3. The normalized spacial score (nSPS) is 12.7. The summed E-state index contributed by atoms with van der Waals surface area (Å²) in [4.78, 5) is 9.51. The third-order valence-corrected chi connectivity index (χ3v) is 9.77. The molecular formula is C40H24N10O. The van der Waals surface area contributed by atoms with E-state index >= 15 is 0 Å². The zero-order valence-electron chi connectivity index (χ0n) is 26.8. The van der Waals surface area contributed by atoms with Gasteiger partial charge in [-0.2, -0.15) is 5.11 Å². The molecule has 11 nitrogen and oxygen atoms in total. The number of pyridine rings is 2. The van der Waals surface area contributed by atoms with Crippen LogP contribution in [0.15, 0.2) is 143 Å². The van der Waals surface area contributed by atoms with Crippen LogP contribution in [0.5, 0.6) is 0 Å². The van der Waals surface area contributed by atoms with Gasteiger partial charge in [-0.15, -0.1) is 10.2 Å². The topological polar surface area (TPSA) is 124 Å². The van der Waals surface area contributed by atoms with E-state index in [4.69, 9.17) is 14.4 Å². The molecule has 240 valence electrons. The lowest BCUT2D eigenvalue weighted by atomic mass is 10.0. The van der Waals surface area contributed by atoms with E-state index in [2.05, 4.69) is 113 Å². The molecule has 0 aliphatic carbocycles. The number of fused-ring (bicyclic) bond motifs is 9. The Kier molecular flexibility index (Phi) is 5.76. The molecule has 11 rings (SSSR count). The summed E-state index contributed by atoms with van der Waals surface area (Å²) < 4.78 is 10.5. The summed E-state index contributed by atoms with van der Waals surface area (Å²) in [6.45, 7) is 0.522. The lowest BCUT2D eigenvalue weighted by molar-refractivity contribution is 0.640. The van der Waals surface area contributed by atoms with Crippen LogP contribution in [0.4, 0.5) is 5.82 Å². The largest absolute Gasteiger partial charge is 0.419 e. The summed E-state index contributed by atoms with van der Waals surface area (Å²) in [5.74, 6) is 0.934. The molecule has 0 amide bonds. The molecule has 1 aliphatic heterocycles. The van der Waals surface area contributed by atoms with Crippen LogP contribution in [-0.2, 0) is 6.54 Å². The number of furan rings is 1. The second-order valence-electron chi connectivity index (χ2n) is 12.6. The van der Waals surface area contributed by atoms with Crippen molar-refractivity contribution in [1.29, 1.82) is 0 Å². The molecule has 0 saturated heterocycles. The fraction of sp³-hybridized carbons (Fsp3) is 0.0250. The van der Waals surface area contributed by atoms with Crippen LogP contribution in [-0.4, -0.2) is 34.5 Å². The van der Waals surface area contributed by atoms with Crippen molar-refractivity contribution < 1.29 is 4.42 Å². The molecule has 0 fully saturated rings. The van der Waals surface area contributed by atoms with Crippen molar-refractivity contribution >= 4 is 60.9 Å². The highest BCUT2D eigenvalue weighted by atomic mass is 16.3. The number of nitrogens with zero attached hydrogens (tertiary/aromatic N) is 9. The summed E-state index contributed by atoms with van der Waals surface area (Å²) in [6.07, 6.45) is 5.48. The van der Waals surface area contributed by atoms with Gasteiger partial charge in [-0.1, -0.05) is 65.9 Å². The average molecular weight is 661 g/mol. The average Bonchev–Trinajstić information content (AvgIpc) is 3.85. The van der Waals surface area contributed by atoms with Crippen molar-refractivity contribution in [3.63, 3.8) is 0 Å². The van der Waals surface area contributed by atoms with E-state index < -0.39 is 0 Å². The Balaban J connectivity index is 1.05. The summed E-state index contributed by atoms with van der Waals surface area (Å²) in [5.41, 5.74) is 14.2. The summed E-state index contributed by atoms with van der Waals surface area (Å²) >= 11 is 0. The highest BCUT2D eigenvalue weighted by Gasteiger charge is 2.22. The van der Waals surface area contributed by atoms with Crippen LogP contribution in [0.1, 0.15) is 5.56 Å². The number of nitrogens with one attached hydrogen (secondary N) is 1. The highest BCUT2D eigenvalue weighted by Crippen LogP contribution is 2.40. The molecule has 0 atom stereocenters. The summed E-state index contributed by atoms with van der Waals surface area (Å²) in [6, 6.07) is 37.6. The Morgan fingerprint density at radius 3 is 1.88 bits per heavy atom. The van der Waals surface area contributed by atoms with Crippen LogP contribution in [0.3, 0.4) is 0 Å². The second kappa shape index (κ2) is 10.6. The molecule has 4 aromatic carbocycles. The fourth-order valence-electron chi connectivity index (χ4n) is 7.40. The molecular weight excluding hydrogens is 637 g/mol. The standard InChI is InChI=1S/C40H24N10O/c1-3-7-27(8-4-1)49-35-17-23(11-13-29(35)33-21-43-47-45-37(33)49)25-15-31-32-16-26(20-42-40(32)51-39(31)41-19-25)24-12-14-30-34-22-44-48-46-38(34)50(36(30)18-24)28-9-5-2-6-10-28/h1-21H,22H2,(H,44,46). The minimum atomic E-state index is 0.522. The maximum absolute atomic E-state index is 6.14. The van der Waals surface area contributed by atoms with Crippen molar-refractivity contribution in [2.24, 2.45) is 10.3 Å². The number of hydrogen-bond acceptors (Lipinski definition) is 9. The lowest BCUT2D eigenvalue weighted by Gasteiger charge is -2.12. The minimum absolute atomic E-state index is 0.522. The third-order valence-electron chi connectivity index (χ3n) is 9.77. The van der Waals surface area contributed by atoms with Gasteiger partial charge in [-0.25, -0.2) is 15.4 Å². The fourth-order valence-corrected chi connectivity index (χ4v) is 7.40. The van der Waals surface area contributed by atoms with Gasteiger partial charge in [0.1, 0.15) is 5.82 Å². The maximum Gasteiger partial charge on any atom is 0.229 e. The molecule has 51 heavy (non-hydrogen) atoms. The van der Waals surface area contributed by atoms with Crippen LogP contribution < -0.4 is 5.43 Å². The summed E-state index contributed by atoms with van der Waals surface area (Å²) in [7, 11) is 0. The van der Waals surface area contributed by atoms with E-state index in [1.54, 1.807) is 6.20 Å². The van der Waals surface area contributed by atoms with E-state index in [1.165, 1.54) is 0 Å². The zero-order chi connectivity index (χ0) is 33.5. The molecule has 7 heterocycles. The van der Waals surface area contributed by atoms with Gasteiger partial charge in [0.2, 0.25) is 11.4 Å². The Labute approximate surface area is 288 Å². The number of benzene rings is 4. The molecule has 6 aromatic heterocycles. The van der Waals surface area contributed by atoms with Crippen LogP contribution in [0.2, 0.25) is 0 Å². The second-order valence-corrected chi connectivity index (χ2v) is 12.6. The number of para-hydroxylation sites is 2. The van der Waals surface area contributed by atoms with E-state index in [0.29, 0.717) is 18.0 Å². The number of anilines is 1. The number of hydrogen-bond donors (Lipinski definition) is 1. The van der Waals surface area contributed by atoms with Crippen molar-refractivity contribution in [3.8, 4) is 33.6 Å². The Bertz CT molecular complexity index is 3030. The molecule has 1 N–H and O–H groups in total. The molecule has 11 heteroatoms. The first kappa shape index (κ1) is 27.7. The smallest absolute Gasteiger partial charge is 0.229 e. The van der Waals surface area contributed by atoms with Gasteiger partial charge in [0.25, 0.3) is 0 Å².